The van der Waals surface area contributed by atoms with E-state index in [0.717, 1.165) is 5.56 Å². The molecule has 0 N–H and O–H groups in total. The van der Waals surface area contributed by atoms with E-state index in [0.29, 0.717) is 6.42 Å². The van der Waals surface area contributed by atoms with E-state index in [9.17, 15) is 4.79 Å². The number of hydrogen-bond acceptors (Lipinski definition) is 3. The second-order valence-electron chi connectivity index (χ2n) is 3.77. The highest BCUT2D eigenvalue weighted by Gasteiger charge is 2.56. The first-order valence-corrected chi connectivity index (χ1v) is 5.09. The van der Waals surface area contributed by atoms with Crippen molar-refractivity contribution in [2.75, 3.05) is 0 Å². The predicted octanol–water partition coefficient (Wildman–Crippen LogP) is 2.21. The van der Waals surface area contributed by atoms with Crippen LogP contribution in [0.3, 0.4) is 0 Å². The Kier molecular flexibility index (Phi) is 2.49. The van der Waals surface area contributed by atoms with Crippen LogP contribution in [0.1, 0.15) is 25.8 Å². The Bertz CT molecular complexity index is 360. The van der Waals surface area contributed by atoms with Gasteiger partial charge in [0, 0.05) is 6.42 Å². The van der Waals surface area contributed by atoms with Crippen LogP contribution in [0, 0.1) is 0 Å². The number of benzene rings is 1. The highest BCUT2D eigenvalue weighted by molar-refractivity contribution is 5.69. The molecule has 0 saturated carbocycles. The van der Waals surface area contributed by atoms with Crippen molar-refractivity contribution < 1.29 is 14.3 Å². The van der Waals surface area contributed by atoms with Crippen LogP contribution in [-0.2, 0) is 19.9 Å². The summed E-state index contributed by atoms with van der Waals surface area (Å²) in [7, 11) is 0. The van der Waals surface area contributed by atoms with E-state index in [4.69, 9.17) is 9.47 Å². The minimum absolute atomic E-state index is 0.223. The first kappa shape index (κ1) is 10.2. The molecular formula is C12H14O3. The fourth-order valence-electron chi connectivity index (χ4n) is 1.50. The minimum Gasteiger partial charge on any atom is -0.432 e. The summed E-state index contributed by atoms with van der Waals surface area (Å²) in [5.41, 5.74) is 0.588. The first-order valence-electron chi connectivity index (χ1n) is 5.09. The fraction of sp³-hybridized carbons (Fsp3) is 0.417. The smallest absolute Gasteiger partial charge is 0.307 e. The normalized spacial score (nSPS) is 28.5. The molecular weight excluding hydrogens is 192 g/mol. The molecule has 1 aliphatic heterocycles. The van der Waals surface area contributed by atoms with Gasteiger partial charge in [-0.1, -0.05) is 37.3 Å². The predicted molar refractivity (Wildman–Crippen MR) is 55.1 cm³/mol. The number of hydrogen-bond donors (Lipinski definition) is 0. The molecule has 1 aliphatic rings. The molecule has 2 atom stereocenters. The molecule has 0 radical (unpaired) electrons. The molecule has 15 heavy (non-hydrogen) atoms. The highest BCUT2D eigenvalue weighted by atomic mass is 16.8. The van der Waals surface area contributed by atoms with Crippen LogP contribution < -0.4 is 0 Å². The lowest BCUT2D eigenvalue weighted by Crippen LogP contribution is -2.13. The van der Waals surface area contributed by atoms with Gasteiger partial charge in [0.2, 0.25) is 6.29 Å². The molecule has 0 amide bonds. The number of carbonyl (C=O) groups excluding carboxylic acids is 1. The van der Waals surface area contributed by atoms with Crippen LogP contribution in [0.2, 0.25) is 0 Å². The van der Waals surface area contributed by atoms with Crippen molar-refractivity contribution in [1.82, 2.24) is 0 Å². The first-order chi connectivity index (χ1) is 7.16. The average Bonchev–Trinajstić information content (AvgIpc) is 2.92. The Morgan fingerprint density at radius 3 is 2.73 bits per heavy atom. The monoisotopic (exact) mass is 206 g/mol. The molecule has 1 fully saturated rings. The molecule has 0 aromatic heterocycles. The number of rotatable bonds is 3. The lowest BCUT2D eigenvalue weighted by atomic mass is 10.0. The molecule has 1 heterocycles. The van der Waals surface area contributed by atoms with Gasteiger partial charge in [0.1, 0.15) is 0 Å². The summed E-state index contributed by atoms with van der Waals surface area (Å²) in [4.78, 5) is 11.1. The molecule has 0 bridgehead atoms. The number of epoxide rings is 1. The Labute approximate surface area is 89.0 Å². The van der Waals surface area contributed by atoms with Gasteiger partial charge < -0.3 is 9.47 Å². The zero-order chi connectivity index (χ0) is 10.9. The molecule has 80 valence electrons. The number of carbonyl (C=O) groups is 1. The molecule has 3 heteroatoms. The van der Waals surface area contributed by atoms with Gasteiger partial charge in [0.05, 0.1) is 0 Å². The van der Waals surface area contributed by atoms with Gasteiger partial charge in [-0.25, -0.2) is 0 Å². The third kappa shape index (κ3) is 1.88. The molecule has 2 unspecified atom stereocenters. The van der Waals surface area contributed by atoms with Gasteiger partial charge in [-0.15, -0.1) is 0 Å². The molecule has 1 saturated heterocycles. The maximum atomic E-state index is 11.1. The second kappa shape index (κ2) is 3.66. The van der Waals surface area contributed by atoms with Crippen LogP contribution >= 0.6 is 0 Å². The van der Waals surface area contributed by atoms with Crippen molar-refractivity contribution in [3.05, 3.63) is 35.9 Å². The lowest BCUT2D eigenvalue weighted by molar-refractivity contribution is -0.148. The summed E-state index contributed by atoms with van der Waals surface area (Å²) in [5, 5.41) is 0. The fourth-order valence-corrected chi connectivity index (χ4v) is 1.50. The van der Waals surface area contributed by atoms with Crippen molar-refractivity contribution in [3.8, 4) is 0 Å². The van der Waals surface area contributed by atoms with Crippen LogP contribution in [0.15, 0.2) is 30.3 Å². The van der Waals surface area contributed by atoms with E-state index in [1.807, 2.05) is 37.3 Å². The van der Waals surface area contributed by atoms with E-state index in [1.165, 1.54) is 0 Å². The number of ether oxygens (including phenoxy) is 2. The maximum absolute atomic E-state index is 11.1. The standard InChI is InChI=1S/C12H14O3/c1-3-10(13)14-11-12(2,15-11)9-7-5-4-6-8-9/h4-8,11H,3H2,1-2H3. The van der Waals surface area contributed by atoms with Gasteiger partial charge in [-0.05, 0) is 12.5 Å². The quantitative estimate of drug-likeness (QED) is 0.562. The largest absolute Gasteiger partial charge is 0.432 e. The van der Waals surface area contributed by atoms with Crippen LogP contribution in [0.5, 0.6) is 0 Å². The molecule has 0 spiro atoms. The summed E-state index contributed by atoms with van der Waals surface area (Å²) >= 11 is 0. The summed E-state index contributed by atoms with van der Waals surface area (Å²) < 4.78 is 10.5. The molecule has 1 aromatic carbocycles. The molecule has 1 aromatic rings. The Morgan fingerprint density at radius 2 is 2.13 bits per heavy atom. The summed E-state index contributed by atoms with van der Waals surface area (Å²) in [6, 6.07) is 9.78. The Morgan fingerprint density at radius 1 is 1.47 bits per heavy atom. The molecule has 0 aliphatic carbocycles. The van der Waals surface area contributed by atoms with Gasteiger partial charge in [0.25, 0.3) is 0 Å². The third-order valence-corrected chi connectivity index (χ3v) is 2.62. The maximum Gasteiger partial charge on any atom is 0.307 e. The van der Waals surface area contributed by atoms with Crippen LogP contribution in [0.25, 0.3) is 0 Å². The Balaban J connectivity index is 2.04. The van der Waals surface area contributed by atoms with Crippen LogP contribution in [-0.4, -0.2) is 12.3 Å². The van der Waals surface area contributed by atoms with E-state index >= 15 is 0 Å². The SMILES string of the molecule is CCC(=O)OC1OC1(C)c1ccccc1. The second-order valence-corrected chi connectivity index (χ2v) is 3.77. The zero-order valence-electron chi connectivity index (χ0n) is 8.90. The van der Waals surface area contributed by atoms with Gasteiger partial charge in [0.15, 0.2) is 5.60 Å². The van der Waals surface area contributed by atoms with Gasteiger partial charge >= 0.3 is 5.97 Å². The molecule has 3 nitrogen and oxygen atoms in total. The van der Waals surface area contributed by atoms with E-state index < -0.39 is 11.9 Å². The third-order valence-electron chi connectivity index (χ3n) is 2.62. The van der Waals surface area contributed by atoms with Crippen LogP contribution in [0.4, 0.5) is 0 Å². The van der Waals surface area contributed by atoms with E-state index in [-0.39, 0.29) is 5.97 Å². The van der Waals surface area contributed by atoms with E-state index in [2.05, 4.69) is 0 Å². The Hall–Kier alpha value is -1.35. The van der Waals surface area contributed by atoms with Crippen molar-refractivity contribution in [1.29, 1.82) is 0 Å². The molecule has 2 rings (SSSR count). The summed E-state index contributed by atoms with van der Waals surface area (Å²) in [6.45, 7) is 3.69. The van der Waals surface area contributed by atoms with Gasteiger partial charge in [-0.3, -0.25) is 4.79 Å². The summed E-state index contributed by atoms with van der Waals surface area (Å²) in [5.74, 6) is -0.223. The average molecular weight is 206 g/mol. The van der Waals surface area contributed by atoms with Crippen molar-refractivity contribution in [2.45, 2.75) is 32.2 Å². The lowest BCUT2D eigenvalue weighted by Gasteiger charge is -2.05. The minimum atomic E-state index is -0.452. The van der Waals surface area contributed by atoms with Crippen molar-refractivity contribution in [2.24, 2.45) is 0 Å². The summed E-state index contributed by atoms with van der Waals surface area (Å²) in [6.07, 6.45) is -0.0441. The highest BCUT2D eigenvalue weighted by Crippen LogP contribution is 2.46. The topological polar surface area (TPSA) is 38.8 Å². The van der Waals surface area contributed by atoms with Crippen molar-refractivity contribution in [3.63, 3.8) is 0 Å². The number of esters is 1. The van der Waals surface area contributed by atoms with E-state index in [1.54, 1.807) is 6.92 Å². The van der Waals surface area contributed by atoms with Crippen molar-refractivity contribution >= 4 is 5.97 Å². The zero-order valence-corrected chi connectivity index (χ0v) is 8.90. The van der Waals surface area contributed by atoms with Gasteiger partial charge in [-0.2, -0.15) is 0 Å².